The van der Waals surface area contributed by atoms with Crippen molar-refractivity contribution in [2.75, 3.05) is 37.7 Å². The van der Waals surface area contributed by atoms with E-state index in [0.717, 1.165) is 69.2 Å². The second-order valence-corrected chi connectivity index (χ2v) is 11.9. The van der Waals surface area contributed by atoms with E-state index in [2.05, 4.69) is 11.0 Å². The van der Waals surface area contributed by atoms with Crippen LogP contribution in [0.1, 0.15) is 87.8 Å². The number of morpholine rings is 1. The van der Waals surface area contributed by atoms with Crippen LogP contribution in [0.3, 0.4) is 0 Å². The van der Waals surface area contributed by atoms with Crippen molar-refractivity contribution in [2.24, 2.45) is 0 Å². The Morgan fingerprint density at radius 2 is 1.70 bits per heavy atom. The summed E-state index contributed by atoms with van der Waals surface area (Å²) >= 11 is 6.84. The quantitative estimate of drug-likeness (QED) is 0.170. The molecule has 2 saturated heterocycles. The smallest absolute Gasteiger partial charge is 0.303 e. The SMILES string of the molecule is CCCn1c(N2CCOCC2)c(/C=C2\SC(=S)N(CCCCCCCCCCC(=O)O)C2=O)c(C)c(C#N)c1=O. The predicted octanol–water partition coefficient (Wildman–Crippen LogP) is 5.07. The Morgan fingerprint density at radius 1 is 1.07 bits per heavy atom. The highest BCUT2D eigenvalue weighted by molar-refractivity contribution is 8.26. The van der Waals surface area contributed by atoms with Gasteiger partial charge in [0.25, 0.3) is 11.5 Å². The van der Waals surface area contributed by atoms with E-state index in [4.69, 9.17) is 22.1 Å². The number of carboxylic acids is 1. The van der Waals surface area contributed by atoms with Crippen molar-refractivity contribution < 1.29 is 19.4 Å². The highest BCUT2D eigenvalue weighted by Crippen LogP contribution is 2.36. The molecule has 11 heteroatoms. The van der Waals surface area contributed by atoms with Crippen molar-refractivity contribution >= 4 is 52.1 Å². The molecular formula is C29H40N4O5S2. The number of aliphatic carboxylic acids is 1. The minimum atomic E-state index is -0.731. The van der Waals surface area contributed by atoms with E-state index in [9.17, 15) is 19.6 Å². The van der Waals surface area contributed by atoms with Crippen molar-refractivity contribution in [3.63, 3.8) is 0 Å². The molecule has 218 valence electrons. The second-order valence-electron chi connectivity index (χ2n) is 10.2. The molecule has 0 spiro atoms. The fourth-order valence-electron chi connectivity index (χ4n) is 5.12. The Balaban J connectivity index is 1.70. The number of pyridine rings is 1. The molecule has 0 atom stereocenters. The average molecular weight is 589 g/mol. The summed E-state index contributed by atoms with van der Waals surface area (Å²) in [5.41, 5.74) is 1.10. The number of carbonyl (C=O) groups excluding carboxylic acids is 1. The fourth-order valence-corrected chi connectivity index (χ4v) is 6.41. The molecule has 2 aliphatic heterocycles. The van der Waals surface area contributed by atoms with Crippen LogP contribution in [0.25, 0.3) is 6.08 Å². The highest BCUT2D eigenvalue weighted by Gasteiger charge is 2.33. The number of ether oxygens (including phenoxy) is 1. The van der Waals surface area contributed by atoms with Crippen LogP contribution in [-0.4, -0.2) is 63.6 Å². The Bertz CT molecular complexity index is 1210. The number of hydrogen-bond donors (Lipinski definition) is 1. The maximum Gasteiger partial charge on any atom is 0.303 e. The van der Waals surface area contributed by atoms with Crippen molar-refractivity contribution in [1.82, 2.24) is 9.47 Å². The minimum Gasteiger partial charge on any atom is -0.481 e. The summed E-state index contributed by atoms with van der Waals surface area (Å²) in [7, 11) is 0. The zero-order chi connectivity index (χ0) is 29.1. The Labute approximate surface area is 246 Å². The van der Waals surface area contributed by atoms with E-state index in [0.29, 0.717) is 54.2 Å². The van der Waals surface area contributed by atoms with Gasteiger partial charge in [-0.3, -0.25) is 23.9 Å². The number of unbranched alkanes of at least 4 members (excludes halogenated alkanes) is 7. The lowest BCUT2D eigenvalue weighted by Crippen LogP contribution is -2.41. The lowest BCUT2D eigenvalue weighted by atomic mass is 10.0. The maximum atomic E-state index is 13.4. The van der Waals surface area contributed by atoms with Gasteiger partial charge < -0.3 is 14.7 Å². The van der Waals surface area contributed by atoms with Crippen LogP contribution in [0.2, 0.25) is 0 Å². The lowest BCUT2D eigenvalue weighted by molar-refractivity contribution is -0.137. The summed E-state index contributed by atoms with van der Waals surface area (Å²) in [6.07, 6.45) is 10.7. The van der Waals surface area contributed by atoms with Crippen LogP contribution in [0.15, 0.2) is 9.70 Å². The number of nitriles is 1. The third kappa shape index (κ3) is 8.18. The fraction of sp³-hybridized carbons (Fsp3) is 0.621. The molecule has 0 radical (unpaired) electrons. The number of carbonyl (C=O) groups is 2. The number of carboxylic acid groups (broad SMARTS) is 1. The van der Waals surface area contributed by atoms with Crippen LogP contribution in [0.5, 0.6) is 0 Å². The first kappa shape index (κ1) is 31.8. The summed E-state index contributed by atoms with van der Waals surface area (Å²) in [6.45, 7) is 7.15. The van der Waals surface area contributed by atoms with Crippen molar-refractivity contribution in [3.8, 4) is 6.07 Å². The van der Waals surface area contributed by atoms with Gasteiger partial charge in [-0.05, 0) is 37.8 Å². The molecule has 2 fully saturated rings. The molecule has 1 amide bonds. The molecule has 1 aromatic heterocycles. The van der Waals surface area contributed by atoms with Gasteiger partial charge in [-0.1, -0.05) is 69.4 Å². The van der Waals surface area contributed by atoms with Crippen molar-refractivity contribution in [3.05, 3.63) is 31.9 Å². The lowest BCUT2D eigenvalue weighted by Gasteiger charge is -2.33. The van der Waals surface area contributed by atoms with Crippen LogP contribution in [0.4, 0.5) is 5.82 Å². The summed E-state index contributed by atoms with van der Waals surface area (Å²) in [5, 5.41) is 18.5. The van der Waals surface area contributed by atoms with Crippen molar-refractivity contribution in [2.45, 2.75) is 84.6 Å². The number of rotatable bonds is 15. The summed E-state index contributed by atoms with van der Waals surface area (Å²) < 4.78 is 7.74. The van der Waals surface area contributed by atoms with E-state index in [1.54, 1.807) is 16.4 Å². The highest BCUT2D eigenvalue weighted by atomic mass is 32.2. The third-order valence-electron chi connectivity index (χ3n) is 7.28. The van der Waals surface area contributed by atoms with Gasteiger partial charge in [-0.15, -0.1) is 0 Å². The molecule has 40 heavy (non-hydrogen) atoms. The summed E-state index contributed by atoms with van der Waals surface area (Å²) in [5.74, 6) is -0.127. The predicted molar refractivity (Wildman–Crippen MR) is 163 cm³/mol. The second kappa shape index (κ2) is 15.9. The van der Waals surface area contributed by atoms with Crippen LogP contribution in [0, 0.1) is 18.3 Å². The van der Waals surface area contributed by atoms with Gasteiger partial charge in [-0.25, -0.2) is 0 Å². The number of nitrogens with zero attached hydrogens (tertiary/aromatic N) is 4. The standard InChI is InChI=1S/C29H40N4O5S2/c1-3-13-32-26(31-15-17-38-18-16-31)22(21(2)23(20-30)27(32)36)19-24-28(37)33(29(39)40-24)14-11-9-7-5-4-6-8-10-12-25(34)35/h19H,3-18H2,1-2H3,(H,34,35)/b24-19-. The van der Waals surface area contributed by atoms with Crippen LogP contribution in [-0.2, 0) is 20.9 Å². The van der Waals surface area contributed by atoms with E-state index in [1.807, 2.05) is 13.0 Å². The maximum absolute atomic E-state index is 13.4. The van der Waals surface area contributed by atoms with Gasteiger partial charge in [0.15, 0.2) is 0 Å². The van der Waals surface area contributed by atoms with E-state index in [-0.39, 0.29) is 23.5 Å². The first-order valence-electron chi connectivity index (χ1n) is 14.3. The molecule has 3 heterocycles. The van der Waals surface area contributed by atoms with E-state index < -0.39 is 5.97 Å². The molecule has 3 rings (SSSR count). The van der Waals surface area contributed by atoms with Crippen LogP contribution >= 0.6 is 24.0 Å². The monoisotopic (exact) mass is 588 g/mol. The van der Waals surface area contributed by atoms with Gasteiger partial charge in [0.2, 0.25) is 0 Å². The molecule has 0 bridgehead atoms. The molecular weight excluding hydrogens is 548 g/mol. The number of anilines is 1. The molecule has 1 aromatic rings. The van der Waals surface area contributed by atoms with Gasteiger partial charge in [-0.2, -0.15) is 5.26 Å². The van der Waals surface area contributed by atoms with Gasteiger partial charge in [0.05, 0.1) is 18.1 Å². The largest absolute Gasteiger partial charge is 0.481 e. The number of thioether (sulfide) groups is 1. The summed E-state index contributed by atoms with van der Waals surface area (Å²) in [6, 6.07) is 2.09. The molecule has 2 aliphatic rings. The molecule has 1 N–H and O–H groups in total. The number of amides is 1. The number of aromatic nitrogens is 1. The average Bonchev–Trinajstić information content (AvgIpc) is 3.20. The number of hydrogen-bond acceptors (Lipinski definition) is 8. The van der Waals surface area contributed by atoms with Crippen LogP contribution < -0.4 is 10.5 Å². The van der Waals surface area contributed by atoms with Crippen molar-refractivity contribution in [1.29, 1.82) is 5.26 Å². The first-order chi connectivity index (χ1) is 19.3. The first-order valence-corrected chi connectivity index (χ1v) is 15.5. The van der Waals surface area contributed by atoms with Gasteiger partial charge in [0, 0.05) is 38.2 Å². The Kier molecular flexibility index (Phi) is 12.7. The molecule has 0 unspecified atom stereocenters. The topological polar surface area (TPSA) is 116 Å². The zero-order valence-electron chi connectivity index (χ0n) is 23.6. The minimum absolute atomic E-state index is 0.106. The van der Waals surface area contributed by atoms with E-state index in [1.165, 1.54) is 11.8 Å². The summed E-state index contributed by atoms with van der Waals surface area (Å²) in [4.78, 5) is 41.5. The molecule has 0 aliphatic carbocycles. The molecule has 9 nitrogen and oxygen atoms in total. The van der Waals surface area contributed by atoms with E-state index >= 15 is 0 Å². The van der Waals surface area contributed by atoms with Gasteiger partial charge in [0.1, 0.15) is 21.8 Å². The number of thiocarbonyl (C=S) groups is 1. The Morgan fingerprint density at radius 3 is 2.30 bits per heavy atom. The third-order valence-corrected chi connectivity index (χ3v) is 8.65. The molecule has 0 saturated carbocycles. The molecule has 0 aromatic carbocycles. The normalized spacial score (nSPS) is 16.7. The Hall–Kier alpha value is -2.68. The zero-order valence-corrected chi connectivity index (χ0v) is 25.2. The van der Waals surface area contributed by atoms with Gasteiger partial charge >= 0.3 is 5.97 Å².